The predicted molar refractivity (Wildman–Crippen MR) is 64.8 cm³/mol. The number of carbonyl (C=O) groups is 1. The molecule has 0 aromatic rings. The van der Waals surface area contributed by atoms with Crippen molar-refractivity contribution in [3.63, 3.8) is 0 Å². The average molecular weight is 222 g/mol. The average Bonchev–Trinajstić information content (AvgIpc) is 2.64. The fourth-order valence-electron chi connectivity index (χ4n) is 2.96. The number of nitrogens with two attached hydrogens (primary N) is 1. The summed E-state index contributed by atoms with van der Waals surface area (Å²) in [7, 11) is 0. The fourth-order valence-corrected chi connectivity index (χ4v) is 2.96. The van der Waals surface area contributed by atoms with Crippen molar-refractivity contribution in [3.8, 4) is 0 Å². The first-order valence-electron chi connectivity index (χ1n) is 6.35. The van der Waals surface area contributed by atoms with Gasteiger partial charge in [-0.25, -0.2) is 0 Å². The summed E-state index contributed by atoms with van der Waals surface area (Å²) in [6, 6.07) is 0.854. The number of likely N-dealkylation sites (tertiary alicyclic amines) is 1. The lowest BCUT2D eigenvalue weighted by molar-refractivity contribution is -0.140. The van der Waals surface area contributed by atoms with Gasteiger partial charge in [-0.3, -0.25) is 4.79 Å². The van der Waals surface area contributed by atoms with Crippen LogP contribution in [0, 0.1) is 5.92 Å². The predicted octanol–water partition coefficient (Wildman–Crippen LogP) is 1.68. The van der Waals surface area contributed by atoms with Gasteiger partial charge >= 0.3 is 0 Å². The summed E-state index contributed by atoms with van der Waals surface area (Å²) < 4.78 is 0. The monoisotopic (exact) mass is 222 g/mol. The molecule has 1 aliphatic heterocycles. The molecule has 1 saturated heterocycles. The second-order valence-corrected chi connectivity index (χ2v) is 5.27. The molecule has 3 heteroatoms. The molecule has 16 heavy (non-hydrogen) atoms. The molecule has 0 bridgehead atoms. The van der Waals surface area contributed by atoms with Gasteiger partial charge in [-0.1, -0.05) is 12.2 Å². The van der Waals surface area contributed by atoms with Crippen molar-refractivity contribution < 1.29 is 4.79 Å². The van der Waals surface area contributed by atoms with Crippen molar-refractivity contribution in [1.82, 2.24) is 4.90 Å². The van der Waals surface area contributed by atoms with Crippen LogP contribution in [0.5, 0.6) is 0 Å². The van der Waals surface area contributed by atoms with E-state index >= 15 is 0 Å². The van der Waals surface area contributed by atoms with E-state index in [4.69, 9.17) is 5.73 Å². The summed E-state index contributed by atoms with van der Waals surface area (Å²) in [6.45, 7) is 4.32. The maximum Gasteiger partial charge on any atom is 0.230 e. The summed E-state index contributed by atoms with van der Waals surface area (Å²) in [5.74, 6) is 0.307. The number of hydrogen-bond donors (Lipinski definition) is 1. The van der Waals surface area contributed by atoms with Crippen LogP contribution in [0.15, 0.2) is 12.2 Å². The molecule has 0 aromatic heterocycles. The van der Waals surface area contributed by atoms with Gasteiger partial charge in [0, 0.05) is 18.1 Å². The molecule has 4 atom stereocenters. The number of rotatable bonds is 1. The first kappa shape index (κ1) is 11.6. The standard InChI is InChI=1S/C13H22N2O/c1-9-4-3-5-10(2)15(9)13(16)11-6-7-12(14)8-11/h6-7,9-12H,3-5,8,14H2,1-2H3/t9-,10+,11?,12?. The van der Waals surface area contributed by atoms with Crippen molar-refractivity contribution in [1.29, 1.82) is 0 Å². The largest absolute Gasteiger partial charge is 0.337 e. The van der Waals surface area contributed by atoms with E-state index in [-0.39, 0.29) is 17.9 Å². The Morgan fingerprint density at radius 3 is 2.38 bits per heavy atom. The third-order valence-corrected chi connectivity index (χ3v) is 3.88. The van der Waals surface area contributed by atoms with Gasteiger partial charge in [-0.15, -0.1) is 0 Å². The van der Waals surface area contributed by atoms with Gasteiger partial charge in [0.1, 0.15) is 0 Å². The fraction of sp³-hybridized carbons (Fsp3) is 0.769. The van der Waals surface area contributed by atoms with Crippen LogP contribution < -0.4 is 5.73 Å². The van der Waals surface area contributed by atoms with E-state index in [0.717, 1.165) is 19.3 Å². The molecular weight excluding hydrogens is 200 g/mol. The lowest BCUT2D eigenvalue weighted by atomic mass is 9.94. The smallest absolute Gasteiger partial charge is 0.230 e. The third-order valence-electron chi connectivity index (χ3n) is 3.88. The van der Waals surface area contributed by atoms with E-state index in [1.54, 1.807) is 0 Å². The van der Waals surface area contributed by atoms with Gasteiger partial charge < -0.3 is 10.6 Å². The SMILES string of the molecule is C[C@@H]1CCC[C@H](C)N1C(=O)C1C=CC(N)C1. The van der Waals surface area contributed by atoms with Crippen molar-refractivity contribution >= 4 is 5.91 Å². The maximum absolute atomic E-state index is 12.4. The Bertz CT molecular complexity index is 290. The summed E-state index contributed by atoms with van der Waals surface area (Å²) in [6.07, 6.45) is 8.25. The van der Waals surface area contributed by atoms with E-state index in [2.05, 4.69) is 18.7 Å². The molecule has 2 aliphatic rings. The number of piperidine rings is 1. The maximum atomic E-state index is 12.4. The van der Waals surface area contributed by atoms with Crippen molar-refractivity contribution in [2.45, 2.75) is 57.7 Å². The molecule has 3 nitrogen and oxygen atoms in total. The summed E-state index contributed by atoms with van der Waals surface area (Å²) in [5.41, 5.74) is 5.80. The highest BCUT2D eigenvalue weighted by Gasteiger charge is 2.34. The second kappa shape index (κ2) is 4.58. The van der Waals surface area contributed by atoms with Crippen LogP contribution in [0.2, 0.25) is 0 Å². The highest BCUT2D eigenvalue weighted by molar-refractivity contribution is 5.82. The lowest BCUT2D eigenvalue weighted by Crippen LogP contribution is -2.49. The Hall–Kier alpha value is -0.830. The lowest BCUT2D eigenvalue weighted by Gasteiger charge is -2.40. The van der Waals surface area contributed by atoms with Crippen LogP contribution >= 0.6 is 0 Å². The van der Waals surface area contributed by atoms with E-state index in [9.17, 15) is 4.79 Å². The number of carbonyl (C=O) groups excluding carboxylic acids is 1. The van der Waals surface area contributed by atoms with Crippen molar-refractivity contribution in [3.05, 3.63) is 12.2 Å². The van der Waals surface area contributed by atoms with Gasteiger partial charge in [0.25, 0.3) is 0 Å². The molecule has 0 aromatic carbocycles. The zero-order valence-electron chi connectivity index (χ0n) is 10.2. The Labute approximate surface area is 97.7 Å². The third kappa shape index (κ3) is 2.14. The van der Waals surface area contributed by atoms with Gasteiger partial charge in [0.15, 0.2) is 0 Å². The van der Waals surface area contributed by atoms with Crippen LogP contribution in [0.25, 0.3) is 0 Å². The molecule has 0 spiro atoms. The summed E-state index contributed by atoms with van der Waals surface area (Å²) in [5, 5.41) is 0. The van der Waals surface area contributed by atoms with Crippen molar-refractivity contribution in [2.75, 3.05) is 0 Å². The Morgan fingerprint density at radius 2 is 1.88 bits per heavy atom. The number of amides is 1. The van der Waals surface area contributed by atoms with E-state index in [1.807, 2.05) is 12.2 Å². The van der Waals surface area contributed by atoms with Crippen LogP contribution in [0.1, 0.15) is 39.5 Å². The first-order chi connectivity index (χ1) is 7.59. The minimum atomic E-state index is 0.0259. The first-order valence-corrected chi connectivity index (χ1v) is 6.35. The molecule has 90 valence electrons. The van der Waals surface area contributed by atoms with E-state index in [0.29, 0.717) is 12.1 Å². The van der Waals surface area contributed by atoms with Gasteiger partial charge in [-0.2, -0.15) is 0 Å². The zero-order chi connectivity index (χ0) is 11.7. The Morgan fingerprint density at radius 1 is 1.25 bits per heavy atom. The van der Waals surface area contributed by atoms with E-state index < -0.39 is 0 Å². The van der Waals surface area contributed by atoms with Crippen LogP contribution in [0.4, 0.5) is 0 Å². The van der Waals surface area contributed by atoms with Crippen LogP contribution in [-0.4, -0.2) is 28.9 Å². The highest BCUT2D eigenvalue weighted by atomic mass is 16.2. The van der Waals surface area contributed by atoms with Crippen LogP contribution in [0.3, 0.4) is 0 Å². The van der Waals surface area contributed by atoms with Crippen LogP contribution in [-0.2, 0) is 4.79 Å². The minimum Gasteiger partial charge on any atom is -0.337 e. The Balaban J connectivity index is 2.05. The summed E-state index contributed by atoms with van der Waals surface area (Å²) >= 11 is 0. The summed E-state index contributed by atoms with van der Waals surface area (Å²) in [4.78, 5) is 14.5. The number of hydrogen-bond acceptors (Lipinski definition) is 2. The van der Waals surface area contributed by atoms with Gasteiger partial charge in [0.2, 0.25) is 5.91 Å². The second-order valence-electron chi connectivity index (χ2n) is 5.27. The molecule has 0 saturated carbocycles. The molecule has 2 rings (SSSR count). The molecule has 2 N–H and O–H groups in total. The Kier molecular flexibility index (Phi) is 3.33. The van der Waals surface area contributed by atoms with Gasteiger partial charge in [-0.05, 0) is 39.5 Å². The number of nitrogens with zero attached hydrogens (tertiary/aromatic N) is 1. The minimum absolute atomic E-state index is 0.0259. The quantitative estimate of drug-likeness (QED) is 0.686. The molecule has 1 amide bonds. The molecule has 1 fully saturated rings. The normalized spacial score (nSPS) is 39.1. The molecular formula is C13H22N2O. The topological polar surface area (TPSA) is 46.3 Å². The molecule has 0 radical (unpaired) electrons. The molecule has 1 aliphatic carbocycles. The van der Waals surface area contributed by atoms with E-state index in [1.165, 1.54) is 6.42 Å². The van der Waals surface area contributed by atoms with Gasteiger partial charge in [0.05, 0.1) is 5.92 Å². The highest BCUT2D eigenvalue weighted by Crippen LogP contribution is 2.27. The molecule has 2 unspecified atom stereocenters. The van der Waals surface area contributed by atoms with Crippen molar-refractivity contribution in [2.24, 2.45) is 11.7 Å². The molecule has 1 heterocycles. The zero-order valence-corrected chi connectivity index (χ0v) is 10.2.